The number of imide groups is 1. The van der Waals surface area contributed by atoms with Gasteiger partial charge in [-0.05, 0) is 6.42 Å². The molecule has 0 aromatic rings. The lowest BCUT2D eigenvalue weighted by atomic mass is 10.3. The predicted octanol–water partition coefficient (Wildman–Crippen LogP) is -1.52. The molecular weight excluding hydrogens is 298 g/mol. The number of urea groups is 2. The third-order valence-corrected chi connectivity index (χ3v) is 5.50. The molecule has 1 unspecified atom stereocenters. The molecule has 9 nitrogen and oxygen atoms in total. The number of nitrogens with zero attached hydrogens (tertiary/aromatic N) is 1. The van der Waals surface area contributed by atoms with Crippen molar-refractivity contribution >= 4 is 31.9 Å². The fourth-order valence-electron chi connectivity index (χ4n) is 1.46. The second-order valence-electron chi connectivity index (χ2n) is 4.23. The van der Waals surface area contributed by atoms with E-state index in [-0.39, 0.29) is 17.9 Å². The average Bonchev–Trinajstić information content (AvgIpc) is 2.55. The Labute approximate surface area is 111 Å². The molecular formula is C8H15N3O6S2. The van der Waals surface area contributed by atoms with Crippen molar-refractivity contribution in [2.24, 2.45) is 0 Å². The molecule has 19 heavy (non-hydrogen) atoms. The van der Waals surface area contributed by atoms with E-state index in [1.54, 1.807) is 5.32 Å². The summed E-state index contributed by atoms with van der Waals surface area (Å²) in [6.45, 7) is 0. The van der Waals surface area contributed by atoms with Gasteiger partial charge in [-0.3, -0.25) is 5.32 Å². The molecule has 0 saturated carbocycles. The third-order valence-electron chi connectivity index (χ3n) is 2.57. The van der Waals surface area contributed by atoms with Crippen LogP contribution in [0.2, 0.25) is 0 Å². The van der Waals surface area contributed by atoms with Crippen LogP contribution >= 0.6 is 0 Å². The summed E-state index contributed by atoms with van der Waals surface area (Å²) in [5.41, 5.74) is 0. The van der Waals surface area contributed by atoms with Gasteiger partial charge in [0.2, 0.25) is 10.0 Å². The number of carbonyl (C=O) groups excluding carboxylic acids is 2. The van der Waals surface area contributed by atoms with Gasteiger partial charge < -0.3 is 5.32 Å². The van der Waals surface area contributed by atoms with Gasteiger partial charge in [-0.1, -0.05) is 0 Å². The highest BCUT2D eigenvalue weighted by atomic mass is 32.2. The maximum Gasteiger partial charge on any atom is 0.338 e. The minimum absolute atomic E-state index is 0.0187. The van der Waals surface area contributed by atoms with Gasteiger partial charge in [0.25, 0.3) is 0 Å². The highest BCUT2D eigenvalue weighted by Crippen LogP contribution is 2.10. The van der Waals surface area contributed by atoms with Crippen LogP contribution in [0.5, 0.6) is 0 Å². The molecule has 0 aromatic carbocycles. The summed E-state index contributed by atoms with van der Waals surface area (Å²) in [5.74, 6) is -0.203. The summed E-state index contributed by atoms with van der Waals surface area (Å²) in [6.07, 6.45) is 1.08. The molecule has 0 bridgehead atoms. The number of nitrogens with one attached hydrogen (secondary N) is 2. The van der Waals surface area contributed by atoms with Crippen LogP contribution in [0.4, 0.5) is 9.59 Å². The molecule has 1 atom stereocenters. The minimum Gasteiger partial charge on any atom is -0.334 e. The van der Waals surface area contributed by atoms with Crippen molar-refractivity contribution in [1.29, 1.82) is 0 Å². The molecule has 1 saturated heterocycles. The predicted molar refractivity (Wildman–Crippen MR) is 66.7 cm³/mol. The second-order valence-corrected chi connectivity index (χ2v) is 8.48. The monoisotopic (exact) mass is 313 g/mol. The Balaban J connectivity index is 2.51. The van der Waals surface area contributed by atoms with E-state index < -0.39 is 38.0 Å². The van der Waals surface area contributed by atoms with Crippen LogP contribution in [0, 0.1) is 0 Å². The smallest absolute Gasteiger partial charge is 0.334 e. The number of sulfonamides is 1. The molecule has 110 valence electrons. The van der Waals surface area contributed by atoms with Crippen molar-refractivity contribution in [2.75, 3.05) is 24.8 Å². The highest BCUT2D eigenvalue weighted by Gasteiger charge is 2.29. The van der Waals surface area contributed by atoms with Crippen LogP contribution in [-0.4, -0.2) is 64.1 Å². The molecule has 0 aromatic heterocycles. The van der Waals surface area contributed by atoms with Crippen LogP contribution in [0.15, 0.2) is 0 Å². The third kappa shape index (κ3) is 4.67. The average molecular weight is 313 g/mol. The molecule has 2 N–H and O–H groups in total. The van der Waals surface area contributed by atoms with Crippen molar-refractivity contribution < 1.29 is 26.4 Å². The van der Waals surface area contributed by atoms with Crippen LogP contribution in [-0.2, 0) is 19.9 Å². The molecule has 0 spiro atoms. The van der Waals surface area contributed by atoms with Crippen LogP contribution in [0.3, 0.4) is 0 Å². The first-order chi connectivity index (χ1) is 8.51. The molecule has 11 heteroatoms. The first kappa shape index (κ1) is 15.7. The molecule has 1 heterocycles. The molecule has 1 rings (SSSR count). The zero-order chi connectivity index (χ0) is 14.8. The summed E-state index contributed by atoms with van der Waals surface area (Å²) in [5, 5.41) is 4.10. The van der Waals surface area contributed by atoms with E-state index in [4.69, 9.17) is 0 Å². The summed E-state index contributed by atoms with van der Waals surface area (Å²) in [7, 11) is -5.89. The SMILES string of the molecule is CN(C(=O)NC(=O)NC1CCS(=O)(=O)C1)S(C)(=O)=O. The number of amides is 4. The zero-order valence-corrected chi connectivity index (χ0v) is 12.0. The minimum atomic E-state index is -3.75. The van der Waals surface area contributed by atoms with Crippen molar-refractivity contribution in [1.82, 2.24) is 14.9 Å². The highest BCUT2D eigenvalue weighted by molar-refractivity contribution is 7.91. The Hall–Kier alpha value is -1.36. The van der Waals surface area contributed by atoms with Gasteiger partial charge in [0.05, 0.1) is 17.8 Å². The fourth-order valence-corrected chi connectivity index (χ4v) is 3.48. The fraction of sp³-hybridized carbons (Fsp3) is 0.750. The van der Waals surface area contributed by atoms with E-state index in [2.05, 4.69) is 5.32 Å². The normalized spacial score (nSPS) is 21.7. The summed E-state index contributed by atoms with van der Waals surface area (Å²) >= 11 is 0. The molecule has 0 aliphatic carbocycles. The zero-order valence-electron chi connectivity index (χ0n) is 10.4. The number of hydrogen-bond acceptors (Lipinski definition) is 6. The Bertz CT molecular complexity index is 582. The topological polar surface area (TPSA) is 130 Å². The quantitative estimate of drug-likeness (QED) is 0.637. The van der Waals surface area contributed by atoms with Gasteiger partial charge in [-0.15, -0.1) is 0 Å². The Kier molecular flexibility index (Phi) is 4.40. The van der Waals surface area contributed by atoms with E-state index >= 15 is 0 Å². The number of hydrogen-bond donors (Lipinski definition) is 2. The van der Waals surface area contributed by atoms with Crippen molar-refractivity contribution in [3.8, 4) is 0 Å². The summed E-state index contributed by atoms with van der Waals surface area (Å²) in [6, 6.07) is -2.61. The van der Waals surface area contributed by atoms with E-state index in [0.29, 0.717) is 4.31 Å². The van der Waals surface area contributed by atoms with E-state index in [0.717, 1.165) is 13.3 Å². The maximum atomic E-state index is 11.4. The Morgan fingerprint density at radius 1 is 1.32 bits per heavy atom. The van der Waals surface area contributed by atoms with Crippen LogP contribution in [0.1, 0.15) is 6.42 Å². The molecule has 4 amide bonds. The van der Waals surface area contributed by atoms with Gasteiger partial charge in [0.15, 0.2) is 9.84 Å². The Morgan fingerprint density at radius 2 is 1.89 bits per heavy atom. The number of sulfone groups is 1. The lowest BCUT2D eigenvalue weighted by Gasteiger charge is -2.16. The van der Waals surface area contributed by atoms with Crippen molar-refractivity contribution in [3.63, 3.8) is 0 Å². The molecule has 1 fully saturated rings. The first-order valence-corrected chi connectivity index (χ1v) is 8.94. The van der Waals surface area contributed by atoms with Gasteiger partial charge in [0, 0.05) is 13.1 Å². The van der Waals surface area contributed by atoms with Gasteiger partial charge >= 0.3 is 12.1 Å². The molecule has 1 aliphatic rings. The van der Waals surface area contributed by atoms with Gasteiger partial charge in [0.1, 0.15) is 0 Å². The van der Waals surface area contributed by atoms with Crippen molar-refractivity contribution in [3.05, 3.63) is 0 Å². The second kappa shape index (κ2) is 5.33. The summed E-state index contributed by atoms with van der Waals surface area (Å²) < 4.78 is 44.8. The van der Waals surface area contributed by atoms with Crippen LogP contribution in [0.25, 0.3) is 0 Å². The van der Waals surface area contributed by atoms with E-state index in [9.17, 15) is 26.4 Å². The maximum absolute atomic E-state index is 11.4. The Morgan fingerprint density at radius 3 is 2.32 bits per heavy atom. The number of rotatable bonds is 2. The largest absolute Gasteiger partial charge is 0.338 e. The van der Waals surface area contributed by atoms with E-state index in [1.165, 1.54) is 0 Å². The van der Waals surface area contributed by atoms with Gasteiger partial charge in [-0.2, -0.15) is 0 Å². The lowest BCUT2D eigenvalue weighted by molar-refractivity contribution is 0.218. The summed E-state index contributed by atoms with van der Waals surface area (Å²) in [4.78, 5) is 22.8. The van der Waals surface area contributed by atoms with Crippen LogP contribution < -0.4 is 10.6 Å². The lowest BCUT2D eigenvalue weighted by Crippen LogP contribution is -2.49. The van der Waals surface area contributed by atoms with E-state index in [1.807, 2.05) is 0 Å². The molecule has 0 radical (unpaired) electrons. The number of carbonyl (C=O) groups is 2. The standard InChI is InChI=1S/C8H15N3O6S2/c1-11(18(2,14)15)8(13)10-7(12)9-6-3-4-19(16,17)5-6/h6H,3-5H2,1-2H3,(H2,9,10,12,13). The van der Waals surface area contributed by atoms with Gasteiger partial charge in [-0.25, -0.2) is 30.7 Å². The first-order valence-electron chi connectivity index (χ1n) is 5.27. The molecule has 1 aliphatic heterocycles. The van der Waals surface area contributed by atoms with Crippen molar-refractivity contribution in [2.45, 2.75) is 12.5 Å².